The van der Waals surface area contributed by atoms with Crippen molar-refractivity contribution in [2.24, 2.45) is 11.7 Å². The molecular formula is C14H24N2OS. The molecule has 1 aromatic rings. The standard InChI is InChI=1S/C14H24N2OS/c1-5-11(4)13(15)14(17)16(10(2)3)9-12-7-6-8-18-12/h6-8,10-11,13H,5,9,15H2,1-4H3/t11-,13-/m0/s1. The van der Waals surface area contributed by atoms with Crippen LogP contribution in [0.2, 0.25) is 0 Å². The van der Waals surface area contributed by atoms with E-state index in [1.807, 2.05) is 37.1 Å². The first-order chi connectivity index (χ1) is 8.47. The molecule has 0 spiro atoms. The monoisotopic (exact) mass is 268 g/mol. The number of thiophene rings is 1. The molecule has 0 aromatic carbocycles. The van der Waals surface area contributed by atoms with Gasteiger partial charge in [0, 0.05) is 10.9 Å². The van der Waals surface area contributed by atoms with Crippen molar-refractivity contribution in [1.29, 1.82) is 0 Å². The normalized spacial score (nSPS) is 14.6. The predicted octanol–water partition coefficient (Wildman–Crippen LogP) is 2.86. The van der Waals surface area contributed by atoms with E-state index in [9.17, 15) is 4.79 Å². The zero-order valence-corrected chi connectivity index (χ0v) is 12.5. The predicted molar refractivity (Wildman–Crippen MR) is 77.4 cm³/mol. The van der Waals surface area contributed by atoms with E-state index in [0.717, 1.165) is 6.42 Å². The number of hydrogen-bond acceptors (Lipinski definition) is 3. The summed E-state index contributed by atoms with van der Waals surface area (Å²) in [4.78, 5) is 15.5. The molecule has 1 heterocycles. The fourth-order valence-corrected chi connectivity index (χ4v) is 2.48. The number of hydrogen-bond donors (Lipinski definition) is 1. The largest absolute Gasteiger partial charge is 0.334 e. The molecule has 0 saturated heterocycles. The zero-order valence-electron chi connectivity index (χ0n) is 11.7. The molecule has 0 bridgehead atoms. The third kappa shape index (κ3) is 3.82. The van der Waals surface area contributed by atoms with E-state index in [1.165, 1.54) is 4.88 Å². The molecule has 102 valence electrons. The molecular weight excluding hydrogens is 244 g/mol. The summed E-state index contributed by atoms with van der Waals surface area (Å²) >= 11 is 1.68. The van der Waals surface area contributed by atoms with Gasteiger partial charge in [0.1, 0.15) is 0 Å². The Morgan fingerprint density at radius 3 is 2.56 bits per heavy atom. The van der Waals surface area contributed by atoms with Crippen LogP contribution in [0.3, 0.4) is 0 Å². The molecule has 4 heteroatoms. The number of carbonyl (C=O) groups is 1. The highest BCUT2D eigenvalue weighted by atomic mass is 32.1. The topological polar surface area (TPSA) is 46.3 Å². The van der Waals surface area contributed by atoms with Crippen LogP contribution in [0.15, 0.2) is 17.5 Å². The van der Waals surface area contributed by atoms with Crippen molar-refractivity contribution in [3.63, 3.8) is 0 Å². The van der Waals surface area contributed by atoms with Crippen LogP contribution in [-0.4, -0.2) is 22.9 Å². The molecule has 1 amide bonds. The minimum atomic E-state index is -0.391. The van der Waals surface area contributed by atoms with E-state index in [4.69, 9.17) is 5.73 Å². The van der Waals surface area contributed by atoms with Crippen LogP contribution in [0, 0.1) is 5.92 Å². The fourth-order valence-electron chi connectivity index (χ4n) is 1.77. The summed E-state index contributed by atoms with van der Waals surface area (Å²) in [6, 6.07) is 3.85. The molecule has 2 atom stereocenters. The summed E-state index contributed by atoms with van der Waals surface area (Å²) in [7, 11) is 0. The Labute approximate surface area is 114 Å². The molecule has 0 aliphatic carbocycles. The summed E-state index contributed by atoms with van der Waals surface area (Å²) in [5.41, 5.74) is 6.05. The lowest BCUT2D eigenvalue weighted by atomic mass is 9.98. The number of amides is 1. The van der Waals surface area contributed by atoms with Gasteiger partial charge in [-0.05, 0) is 31.2 Å². The van der Waals surface area contributed by atoms with Crippen LogP contribution in [0.5, 0.6) is 0 Å². The van der Waals surface area contributed by atoms with Gasteiger partial charge in [-0.2, -0.15) is 0 Å². The van der Waals surface area contributed by atoms with Gasteiger partial charge in [0.2, 0.25) is 5.91 Å². The number of rotatable bonds is 6. The Balaban J connectivity index is 2.75. The average molecular weight is 268 g/mol. The van der Waals surface area contributed by atoms with Gasteiger partial charge >= 0.3 is 0 Å². The molecule has 1 aromatic heterocycles. The summed E-state index contributed by atoms with van der Waals surface area (Å²) in [6.45, 7) is 8.84. The summed E-state index contributed by atoms with van der Waals surface area (Å²) in [5.74, 6) is 0.287. The van der Waals surface area contributed by atoms with Crippen LogP contribution in [0.4, 0.5) is 0 Å². The van der Waals surface area contributed by atoms with Crippen LogP contribution in [-0.2, 0) is 11.3 Å². The van der Waals surface area contributed by atoms with Crippen molar-refractivity contribution in [2.45, 2.75) is 52.7 Å². The van der Waals surface area contributed by atoms with Crippen molar-refractivity contribution in [1.82, 2.24) is 4.90 Å². The van der Waals surface area contributed by atoms with E-state index < -0.39 is 6.04 Å². The fraction of sp³-hybridized carbons (Fsp3) is 0.643. The molecule has 0 saturated carbocycles. The molecule has 2 N–H and O–H groups in total. The third-order valence-electron chi connectivity index (χ3n) is 3.35. The minimum absolute atomic E-state index is 0.0627. The highest BCUT2D eigenvalue weighted by Gasteiger charge is 2.26. The van der Waals surface area contributed by atoms with Gasteiger partial charge in [-0.1, -0.05) is 26.3 Å². The summed E-state index contributed by atoms with van der Waals surface area (Å²) in [5, 5.41) is 2.03. The Bertz CT molecular complexity index is 362. The molecule has 0 unspecified atom stereocenters. The van der Waals surface area contributed by atoms with Gasteiger partial charge in [0.25, 0.3) is 0 Å². The number of carbonyl (C=O) groups excluding carboxylic acids is 1. The second-order valence-corrected chi connectivity index (χ2v) is 6.08. The molecule has 0 aliphatic rings. The first-order valence-corrected chi connectivity index (χ1v) is 7.43. The van der Waals surface area contributed by atoms with Crippen LogP contribution in [0.25, 0.3) is 0 Å². The Kier molecular flexibility index (Phi) is 5.82. The van der Waals surface area contributed by atoms with E-state index in [0.29, 0.717) is 6.54 Å². The van der Waals surface area contributed by atoms with Crippen molar-refractivity contribution < 1.29 is 4.79 Å². The molecule has 0 fully saturated rings. The SMILES string of the molecule is CC[C@H](C)[C@H](N)C(=O)N(Cc1cccs1)C(C)C. The van der Waals surface area contributed by atoms with E-state index in [2.05, 4.69) is 13.0 Å². The van der Waals surface area contributed by atoms with Gasteiger partial charge in [-0.25, -0.2) is 0 Å². The smallest absolute Gasteiger partial charge is 0.240 e. The molecule has 3 nitrogen and oxygen atoms in total. The molecule has 0 radical (unpaired) electrons. The highest BCUT2D eigenvalue weighted by Crippen LogP contribution is 2.17. The molecule has 0 aliphatic heterocycles. The van der Waals surface area contributed by atoms with Crippen LogP contribution in [0.1, 0.15) is 39.0 Å². The second-order valence-electron chi connectivity index (χ2n) is 5.05. The van der Waals surface area contributed by atoms with Crippen molar-refractivity contribution in [3.05, 3.63) is 22.4 Å². The number of nitrogens with two attached hydrogens (primary N) is 1. The molecule has 18 heavy (non-hydrogen) atoms. The lowest BCUT2D eigenvalue weighted by Gasteiger charge is -2.30. The minimum Gasteiger partial charge on any atom is -0.334 e. The van der Waals surface area contributed by atoms with Crippen LogP contribution >= 0.6 is 11.3 Å². The van der Waals surface area contributed by atoms with Crippen molar-refractivity contribution in [3.8, 4) is 0 Å². The Morgan fingerprint density at radius 2 is 2.11 bits per heavy atom. The number of nitrogens with zero attached hydrogens (tertiary/aromatic N) is 1. The van der Waals surface area contributed by atoms with Gasteiger partial charge < -0.3 is 10.6 Å². The van der Waals surface area contributed by atoms with Gasteiger partial charge in [-0.15, -0.1) is 11.3 Å². The van der Waals surface area contributed by atoms with Gasteiger partial charge in [-0.3, -0.25) is 4.79 Å². The summed E-state index contributed by atoms with van der Waals surface area (Å²) < 4.78 is 0. The van der Waals surface area contributed by atoms with E-state index in [-0.39, 0.29) is 17.9 Å². The maximum Gasteiger partial charge on any atom is 0.240 e. The highest BCUT2D eigenvalue weighted by molar-refractivity contribution is 7.09. The average Bonchev–Trinajstić information content (AvgIpc) is 2.85. The van der Waals surface area contributed by atoms with E-state index >= 15 is 0 Å². The van der Waals surface area contributed by atoms with E-state index in [1.54, 1.807) is 11.3 Å². The lowest BCUT2D eigenvalue weighted by Crippen LogP contribution is -2.49. The van der Waals surface area contributed by atoms with Gasteiger partial charge in [0.15, 0.2) is 0 Å². The maximum absolute atomic E-state index is 12.4. The summed E-state index contributed by atoms with van der Waals surface area (Å²) in [6.07, 6.45) is 0.928. The maximum atomic E-state index is 12.4. The van der Waals surface area contributed by atoms with Gasteiger partial charge in [0.05, 0.1) is 12.6 Å². The Morgan fingerprint density at radius 1 is 1.44 bits per heavy atom. The molecule has 1 rings (SSSR count). The van der Waals surface area contributed by atoms with Crippen molar-refractivity contribution in [2.75, 3.05) is 0 Å². The third-order valence-corrected chi connectivity index (χ3v) is 4.22. The lowest BCUT2D eigenvalue weighted by molar-refractivity contribution is -0.136. The zero-order chi connectivity index (χ0) is 13.7. The van der Waals surface area contributed by atoms with Crippen LogP contribution < -0.4 is 5.73 Å². The Hall–Kier alpha value is -0.870. The quantitative estimate of drug-likeness (QED) is 0.862. The first kappa shape index (κ1) is 15.2. The first-order valence-electron chi connectivity index (χ1n) is 6.55. The van der Waals surface area contributed by atoms with Crippen molar-refractivity contribution >= 4 is 17.2 Å². The second kappa shape index (κ2) is 6.90.